The molecular weight excluding hydrogens is 264 g/mol. The van der Waals surface area contributed by atoms with E-state index in [-0.39, 0.29) is 11.3 Å². The Hall–Kier alpha value is -1.88. The van der Waals surface area contributed by atoms with Gasteiger partial charge in [-0.1, -0.05) is 6.07 Å². The third-order valence-corrected chi connectivity index (χ3v) is 2.79. The molecule has 100 valence electrons. The van der Waals surface area contributed by atoms with Crippen LogP contribution in [-0.4, -0.2) is 21.6 Å². The molecular formula is C13H15ClN4O. The molecule has 5 nitrogen and oxygen atoms in total. The summed E-state index contributed by atoms with van der Waals surface area (Å²) < 4.78 is 5.22. The highest BCUT2D eigenvalue weighted by molar-refractivity contribution is 6.28. The van der Waals surface area contributed by atoms with Gasteiger partial charge >= 0.3 is 6.01 Å². The van der Waals surface area contributed by atoms with E-state index in [2.05, 4.69) is 27.2 Å². The molecule has 0 aliphatic rings. The van der Waals surface area contributed by atoms with Crippen molar-refractivity contribution in [3.8, 4) is 6.01 Å². The van der Waals surface area contributed by atoms with Crippen LogP contribution >= 0.6 is 11.6 Å². The lowest BCUT2D eigenvalue weighted by atomic mass is 10.1. The molecule has 1 heterocycles. The fourth-order valence-corrected chi connectivity index (χ4v) is 1.68. The number of benzene rings is 1. The number of anilines is 2. The van der Waals surface area contributed by atoms with Gasteiger partial charge in [0.05, 0.1) is 6.61 Å². The first-order valence-corrected chi connectivity index (χ1v) is 6.35. The zero-order chi connectivity index (χ0) is 13.8. The Morgan fingerprint density at radius 2 is 1.95 bits per heavy atom. The van der Waals surface area contributed by atoms with Gasteiger partial charge in [0.15, 0.2) is 0 Å². The Morgan fingerprint density at radius 1 is 1.16 bits per heavy atom. The van der Waals surface area contributed by atoms with E-state index in [4.69, 9.17) is 16.3 Å². The van der Waals surface area contributed by atoms with E-state index in [0.717, 1.165) is 5.69 Å². The minimum atomic E-state index is 0.102. The van der Waals surface area contributed by atoms with E-state index in [1.165, 1.54) is 11.1 Å². The highest BCUT2D eigenvalue weighted by Gasteiger charge is 2.06. The van der Waals surface area contributed by atoms with Gasteiger partial charge in [-0.15, -0.1) is 0 Å². The molecule has 19 heavy (non-hydrogen) atoms. The number of rotatable bonds is 4. The fourth-order valence-electron chi connectivity index (χ4n) is 1.53. The molecule has 6 heteroatoms. The van der Waals surface area contributed by atoms with Gasteiger partial charge < -0.3 is 10.1 Å². The molecule has 0 atom stereocenters. The summed E-state index contributed by atoms with van der Waals surface area (Å²) in [6.07, 6.45) is 0. The second-order valence-electron chi connectivity index (χ2n) is 4.07. The van der Waals surface area contributed by atoms with Crippen LogP contribution in [0.3, 0.4) is 0 Å². The van der Waals surface area contributed by atoms with Crippen molar-refractivity contribution in [3.05, 3.63) is 34.6 Å². The van der Waals surface area contributed by atoms with Crippen molar-refractivity contribution in [2.24, 2.45) is 0 Å². The second kappa shape index (κ2) is 5.84. The van der Waals surface area contributed by atoms with Crippen molar-refractivity contribution in [1.82, 2.24) is 15.0 Å². The third kappa shape index (κ3) is 3.54. The fraction of sp³-hybridized carbons (Fsp3) is 0.308. The molecule has 0 spiro atoms. The molecule has 0 amide bonds. The standard InChI is InChI=1S/C13H15ClN4O/c1-4-19-13-17-11(14)16-12(18-13)15-10-6-5-8(2)9(3)7-10/h5-7H,4H2,1-3H3,(H,15,16,17,18). The number of nitrogens with one attached hydrogen (secondary N) is 1. The minimum absolute atomic E-state index is 0.102. The molecule has 0 bridgehead atoms. The largest absolute Gasteiger partial charge is 0.464 e. The smallest absolute Gasteiger partial charge is 0.322 e. The molecule has 2 rings (SSSR count). The Kier molecular flexibility index (Phi) is 4.16. The summed E-state index contributed by atoms with van der Waals surface area (Å²) in [7, 11) is 0. The Bertz CT molecular complexity index is 589. The van der Waals surface area contributed by atoms with Crippen LogP contribution in [0, 0.1) is 13.8 Å². The Balaban J connectivity index is 2.24. The molecule has 0 aliphatic carbocycles. The summed E-state index contributed by atoms with van der Waals surface area (Å²) in [5.74, 6) is 0.367. The van der Waals surface area contributed by atoms with Crippen molar-refractivity contribution in [3.63, 3.8) is 0 Å². The number of aromatic nitrogens is 3. The van der Waals surface area contributed by atoms with E-state index < -0.39 is 0 Å². The Labute approximate surface area is 117 Å². The zero-order valence-corrected chi connectivity index (χ0v) is 11.8. The summed E-state index contributed by atoms with van der Waals surface area (Å²) in [5.41, 5.74) is 3.32. The third-order valence-electron chi connectivity index (χ3n) is 2.62. The second-order valence-corrected chi connectivity index (χ2v) is 4.41. The van der Waals surface area contributed by atoms with Crippen LogP contribution in [0.15, 0.2) is 18.2 Å². The predicted octanol–water partition coefficient (Wildman–Crippen LogP) is 3.28. The maximum Gasteiger partial charge on any atom is 0.322 e. The first-order chi connectivity index (χ1) is 9.08. The lowest BCUT2D eigenvalue weighted by molar-refractivity contribution is 0.312. The number of hydrogen-bond acceptors (Lipinski definition) is 5. The van der Waals surface area contributed by atoms with Crippen LogP contribution in [-0.2, 0) is 0 Å². The number of hydrogen-bond donors (Lipinski definition) is 1. The van der Waals surface area contributed by atoms with Crippen molar-refractivity contribution < 1.29 is 4.74 Å². The molecule has 0 radical (unpaired) electrons. The summed E-state index contributed by atoms with van der Waals surface area (Å²) in [6, 6.07) is 6.23. The van der Waals surface area contributed by atoms with E-state index in [1.54, 1.807) is 0 Å². The van der Waals surface area contributed by atoms with Crippen LogP contribution in [0.1, 0.15) is 18.1 Å². The number of nitrogens with zero attached hydrogens (tertiary/aromatic N) is 3. The number of aryl methyl sites for hydroxylation is 2. The minimum Gasteiger partial charge on any atom is -0.464 e. The van der Waals surface area contributed by atoms with Crippen molar-refractivity contribution in [2.45, 2.75) is 20.8 Å². The number of halogens is 1. The molecule has 2 aromatic rings. The lowest BCUT2D eigenvalue weighted by Gasteiger charge is -2.08. The lowest BCUT2D eigenvalue weighted by Crippen LogP contribution is -2.04. The van der Waals surface area contributed by atoms with Gasteiger partial charge in [0.1, 0.15) is 0 Å². The normalized spacial score (nSPS) is 10.3. The zero-order valence-electron chi connectivity index (χ0n) is 11.1. The average molecular weight is 279 g/mol. The van der Waals surface area contributed by atoms with Crippen LogP contribution in [0.4, 0.5) is 11.6 Å². The van der Waals surface area contributed by atoms with Gasteiger partial charge in [-0.2, -0.15) is 15.0 Å². The van der Waals surface area contributed by atoms with Gasteiger partial charge in [0.2, 0.25) is 11.2 Å². The molecule has 0 aliphatic heterocycles. The molecule has 1 N–H and O–H groups in total. The van der Waals surface area contributed by atoms with Crippen LogP contribution in [0.5, 0.6) is 6.01 Å². The van der Waals surface area contributed by atoms with Gasteiger partial charge in [-0.25, -0.2) is 0 Å². The van der Waals surface area contributed by atoms with Gasteiger partial charge in [0.25, 0.3) is 0 Å². The highest BCUT2D eigenvalue weighted by Crippen LogP contribution is 2.19. The van der Waals surface area contributed by atoms with Crippen LogP contribution < -0.4 is 10.1 Å². The van der Waals surface area contributed by atoms with E-state index >= 15 is 0 Å². The molecule has 0 saturated heterocycles. The summed E-state index contributed by atoms with van der Waals surface area (Å²) in [6.45, 7) is 6.44. The first kappa shape index (κ1) is 13.5. The number of ether oxygens (including phenoxy) is 1. The summed E-state index contributed by atoms with van der Waals surface area (Å²) in [5, 5.41) is 3.19. The van der Waals surface area contributed by atoms with Crippen molar-refractivity contribution in [1.29, 1.82) is 0 Å². The van der Waals surface area contributed by atoms with Gasteiger partial charge in [-0.3, -0.25) is 0 Å². The molecule has 1 aromatic carbocycles. The highest BCUT2D eigenvalue weighted by atomic mass is 35.5. The molecule has 0 saturated carbocycles. The van der Waals surface area contributed by atoms with Gasteiger partial charge in [-0.05, 0) is 55.6 Å². The monoisotopic (exact) mass is 278 g/mol. The van der Waals surface area contributed by atoms with E-state index in [0.29, 0.717) is 12.6 Å². The molecule has 1 aromatic heterocycles. The van der Waals surface area contributed by atoms with E-state index in [9.17, 15) is 0 Å². The average Bonchev–Trinajstić information content (AvgIpc) is 2.33. The molecule has 0 unspecified atom stereocenters. The van der Waals surface area contributed by atoms with E-state index in [1.807, 2.05) is 32.0 Å². The summed E-state index contributed by atoms with van der Waals surface area (Å²) in [4.78, 5) is 12.0. The van der Waals surface area contributed by atoms with Gasteiger partial charge in [0, 0.05) is 5.69 Å². The quantitative estimate of drug-likeness (QED) is 0.930. The first-order valence-electron chi connectivity index (χ1n) is 5.97. The predicted molar refractivity (Wildman–Crippen MR) is 75.2 cm³/mol. The topological polar surface area (TPSA) is 59.9 Å². The van der Waals surface area contributed by atoms with Crippen molar-refractivity contribution in [2.75, 3.05) is 11.9 Å². The maximum absolute atomic E-state index is 5.83. The SMILES string of the molecule is CCOc1nc(Cl)nc(Nc2ccc(C)c(C)c2)n1. The molecule has 0 fully saturated rings. The summed E-state index contributed by atoms with van der Waals surface area (Å²) >= 11 is 5.83. The Morgan fingerprint density at radius 3 is 2.63 bits per heavy atom. The van der Waals surface area contributed by atoms with Crippen LogP contribution in [0.2, 0.25) is 5.28 Å². The van der Waals surface area contributed by atoms with Crippen LogP contribution in [0.25, 0.3) is 0 Å². The van der Waals surface area contributed by atoms with Crippen molar-refractivity contribution >= 4 is 23.2 Å². The maximum atomic E-state index is 5.83.